The molecule has 1 unspecified atom stereocenters. The number of ether oxygens (including phenoxy) is 1. The molecule has 0 aromatic heterocycles. The number of carbonyl (C=O) groups is 1. The molecule has 1 rings (SSSR count). The van der Waals surface area contributed by atoms with Crippen molar-refractivity contribution in [2.24, 2.45) is 5.41 Å². The number of para-hydroxylation sites is 1. The third-order valence-electron chi connectivity index (χ3n) is 3.16. The average Bonchev–Trinajstić information content (AvgIpc) is 2.35. The Balaban J connectivity index is 3.00. The molecular formula is C14H21NO3. The molecule has 0 saturated carbocycles. The van der Waals surface area contributed by atoms with Crippen molar-refractivity contribution in [3.63, 3.8) is 0 Å². The molecule has 2 N–H and O–H groups in total. The number of carboxylic acids is 1. The molecule has 18 heavy (non-hydrogen) atoms. The van der Waals surface area contributed by atoms with Crippen LogP contribution in [0.25, 0.3) is 0 Å². The first-order valence-electron chi connectivity index (χ1n) is 5.96. The minimum absolute atomic E-state index is 0.0488. The standard InChI is InChI=1S/C14H21NO3/c1-14(2,13(16)17)9-11(15-3)10-7-5-6-8-12(10)18-4/h5-8,11,15H,9H2,1-4H3,(H,16,17). The molecule has 0 radical (unpaired) electrons. The Morgan fingerprint density at radius 2 is 2.06 bits per heavy atom. The van der Waals surface area contributed by atoms with Gasteiger partial charge in [-0.3, -0.25) is 4.79 Å². The molecule has 1 aromatic rings. The monoisotopic (exact) mass is 251 g/mol. The van der Waals surface area contributed by atoms with Gasteiger partial charge in [0.1, 0.15) is 5.75 Å². The molecule has 100 valence electrons. The van der Waals surface area contributed by atoms with E-state index in [0.717, 1.165) is 11.3 Å². The lowest BCUT2D eigenvalue weighted by atomic mass is 9.83. The van der Waals surface area contributed by atoms with Gasteiger partial charge in [-0.05, 0) is 33.4 Å². The van der Waals surface area contributed by atoms with E-state index >= 15 is 0 Å². The van der Waals surface area contributed by atoms with Crippen LogP contribution in [0.5, 0.6) is 5.75 Å². The van der Waals surface area contributed by atoms with Crippen molar-refractivity contribution in [1.29, 1.82) is 0 Å². The predicted molar refractivity (Wildman–Crippen MR) is 70.8 cm³/mol. The Bertz CT molecular complexity index is 415. The minimum atomic E-state index is -0.794. The number of nitrogens with one attached hydrogen (secondary N) is 1. The molecule has 0 spiro atoms. The van der Waals surface area contributed by atoms with Gasteiger partial charge < -0.3 is 15.2 Å². The second kappa shape index (κ2) is 5.87. The van der Waals surface area contributed by atoms with Crippen molar-refractivity contribution in [3.05, 3.63) is 29.8 Å². The summed E-state index contributed by atoms with van der Waals surface area (Å²) in [5.41, 5.74) is 0.200. The van der Waals surface area contributed by atoms with Gasteiger partial charge in [0.25, 0.3) is 0 Å². The summed E-state index contributed by atoms with van der Waals surface area (Å²) in [6.07, 6.45) is 0.499. The van der Waals surface area contributed by atoms with E-state index in [1.165, 1.54) is 0 Å². The Hall–Kier alpha value is -1.55. The van der Waals surface area contributed by atoms with E-state index in [2.05, 4.69) is 5.32 Å². The molecule has 1 atom stereocenters. The molecular weight excluding hydrogens is 230 g/mol. The molecule has 0 heterocycles. The molecule has 0 amide bonds. The van der Waals surface area contributed by atoms with Gasteiger partial charge in [-0.25, -0.2) is 0 Å². The maximum atomic E-state index is 11.2. The zero-order chi connectivity index (χ0) is 13.8. The van der Waals surface area contributed by atoms with Crippen LogP contribution in [0.15, 0.2) is 24.3 Å². The smallest absolute Gasteiger partial charge is 0.309 e. The van der Waals surface area contributed by atoms with E-state index in [1.54, 1.807) is 21.0 Å². The van der Waals surface area contributed by atoms with Crippen LogP contribution in [0, 0.1) is 5.41 Å². The second-order valence-electron chi connectivity index (χ2n) is 4.98. The van der Waals surface area contributed by atoms with Crippen LogP contribution >= 0.6 is 0 Å². The maximum absolute atomic E-state index is 11.2. The third-order valence-corrected chi connectivity index (χ3v) is 3.16. The Morgan fingerprint density at radius 1 is 1.44 bits per heavy atom. The summed E-state index contributed by atoms with van der Waals surface area (Å²) >= 11 is 0. The van der Waals surface area contributed by atoms with Crippen LogP contribution in [0.4, 0.5) is 0 Å². The molecule has 0 bridgehead atoms. The Morgan fingerprint density at radius 3 is 2.56 bits per heavy atom. The molecule has 0 aliphatic heterocycles. The fraction of sp³-hybridized carbons (Fsp3) is 0.500. The van der Waals surface area contributed by atoms with Crippen molar-refractivity contribution in [2.75, 3.05) is 14.2 Å². The molecule has 0 aliphatic rings. The van der Waals surface area contributed by atoms with E-state index < -0.39 is 11.4 Å². The summed E-state index contributed by atoms with van der Waals surface area (Å²) in [6, 6.07) is 7.62. The topological polar surface area (TPSA) is 58.6 Å². The van der Waals surface area contributed by atoms with Gasteiger partial charge in [0, 0.05) is 11.6 Å². The highest BCUT2D eigenvalue weighted by atomic mass is 16.5. The molecule has 0 fully saturated rings. The van der Waals surface area contributed by atoms with Gasteiger partial charge in [0.15, 0.2) is 0 Å². The molecule has 0 saturated heterocycles. The average molecular weight is 251 g/mol. The Kier molecular flexibility index (Phi) is 4.73. The highest BCUT2D eigenvalue weighted by Gasteiger charge is 2.31. The molecule has 4 nitrogen and oxygen atoms in total. The number of methoxy groups -OCH3 is 1. The van der Waals surface area contributed by atoms with Crippen molar-refractivity contribution < 1.29 is 14.6 Å². The first kappa shape index (κ1) is 14.5. The van der Waals surface area contributed by atoms with E-state index in [9.17, 15) is 9.90 Å². The fourth-order valence-corrected chi connectivity index (χ4v) is 1.92. The van der Waals surface area contributed by atoms with Crippen LogP contribution in [0.1, 0.15) is 31.9 Å². The second-order valence-corrected chi connectivity index (χ2v) is 4.98. The predicted octanol–water partition coefficient (Wildman–Crippen LogP) is 2.46. The zero-order valence-electron chi connectivity index (χ0n) is 11.4. The third kappa shape index (κ3) is 3.23. The van der Waals surface area contributed by atoms with Crippen LogP contribution < -0.4 is 10.1 Å². The van der Waals surface area contributed by atoms with Crippen molar-refractivity contribution in [1.82, 2.24) is 5.32 Å². The summed E-state index contributed by atoms with van der Waals surface area (Å²) < 4.78 is 5.32. The van der Waals surface area contributed by atoms with Gasteiger partial charge in [-0.2, -0.15) is 0 Å². The van der Waals surface area contributed by atoms with Crippen molar-refractivity contribution in [3.8, 4) is 5.75 Å². The molecule has 1 aromatic carbocycles. The van der Waals surface area contributed by atoms with Gasteiger partial charge in [0.05, 0.1) is 12.5 Å². The van der Waals surface area contributed by atoms with E-state index in [-0.39, 0.29) is 6.04 Å². The first-order chi connectivity index (χ1) is 8.42. The first-order valence-corrected chi connectivity index (χ1v) is 5.96. The summed E-state index contributed by atoms with van der Waals surface area (Å²) in [6.45, 7) is 3.46. The van der Waals surface area contributed by atoms with Crippen LogP contribution in [0.3, 0.4) is 0 Å². The minimum Gasteiger partial charge on any atom is -0.496 e. The Labute approximate surface area is 108 Å². The fourth-order valence-electron chi connectivity index (χ4n) is 1.92. The van der Waals surface area contributed by atoms with E-state index in [4.69, 9.17) is 4.74 Å². The maximum Gasteiger partial charge on any atom is 0.309 e. The van der Waals surface area contributed by atoms with E-state index in [1.807, 2.05) is 31.3 Å². The lowest BCUT2D eigenvalue weighted by Crippen LogP contribution is -2.30. The van der Waals surface area contributed by atoms with Gasteiger partial charge in [0.2, 0.25) is 0 Å². The largest absolute Gasteiger partial charge is 0.496 e. The SMILES string of the molecule is CNC(CC(C)(C)C(=O)O)c1ccccc1OC. The summed E-state index contributed by atoms with van der Waals surface area (Å²) in [4.78, 5) is 11.2. The normalized spacial score (nSPS) is 13.1. The summed E-state index contributed by atoms with van der Waals surface area (Å²) in [7, 11) is 3.45. The van der Waals surface area contributed by atoms with Crippen molar-refractivity contribution in [2.45, 2.75) is 26.3 Å². The number of carboxylic acid groups (broad SMARTS) is 1. The molecule has 0 aliphatic carbocycles. The van der Waals surface area contributed by atoms with Gasteiger partial charge in [-0.1, -0.05) is 18.2 Å². The number of benzene rings is 1. The van der Waals surface area contributed by atoms with Crippen LogP contribution in [-0.2, 0) is 4.79 Å². The number of hydrogen-bond acceptors (Lipinski definition) is 3. The van der Waals surface area contributed by atoms with Crippen LogP contribution in [0.2, 0.25) is 0 Å². The quantitative estimate of drug-likeness (QED) is 0.815. The number of hydrogen-bond donors (Lipinski definition) is 2. The van der Waals surface area contributed by atoms with Crippen LogP contribution in [-0.4, -0.2) is 25.2 Å². The van der Waals surface area contributed by atoms with Crippen molar-refractivity contribution >= 4 is 5.97 Å². The molecule has 4 heteroatoms. The van der Waals surface area contributed by atoms with E-state index in [0.29, 0.717) is 6.42 Å². The summed E-state index contributed by atoms with van der Waals surface area (Å²) in [5.74, 6) is -0.0179. The number of rotatable bonds is 6. The lowest BCUT2D eigenvalue weighted by molar-refractivity contribution is -0.147. The highest BCUT2D eigenvalue weighted by Crippen LogP contribution is 2.34. The zero-order valence-corrected chi connectivity index (χ0v) is 11.4. The number of aliphatic carboxylic acids is 1. The highest BCUT2D eigenvalue weighted by molar-refractivity contribution is 5.73. The summed E-state index contributed by atoms with van der Waals surface area (Å²) in [5, 5.41) is 12.4. The van der Waals surface area contributed by atoms with Gasteiger partial charge in [-0.15, -0.1) is 0 Å². The lowest BCUT2D eigenvalue weighted by Gasteiger charge is -2.27. The van der Waals surface area contributed by atoms with Gasteiger partial charge >= 0.3 is 5.97 Å².